The Morgan fingerprint density at radius 2 is 1.71 bits per heavy atom. The highest BCUT2D eigenvalue weighted by atomic mass is 16.4. The fourth-order valence-corrected chi connectivity index (χ4v) is 2.39. The van der Waals surface area contributed by atoms with Gasteiger partial charge in [-0.05, 0) is 25.7 Å². The molecule has 0 spiro atoms. The highest BCUT2D eigenvalue weighted by Gasteiger charge is 2.22. The summed E-state index contributed by atoms with van der Waals surface area (Å²) in [6.45, 7) is -0.280. The second-order valence-corrected chi connectivity index (χ2v) is 6.58. The van der Waals surface area contributed by atoms with E-state index in [1.807, 2.05) is 0 Å². The summed E-state index contributed by atoms with van der Waals surface area (Å²) in [6.07, 6.45) is 1.11. The van der Waals surface area contributed by atoms with E-state index in [2.05, 4.69) is 20.9 Å². The van der Waals surface area contributed by atoms with Gasteiger partial charge in [0.15, 0.2) is 5.96 Å². The highest BCUT2D eigenvalue weighted by molar-refractivity contribution is 5.96. The van der Waals surface area contributed by atoms with Gasteiger partial charge in [0, 0.05) is 13.0 Å². The van der Waals surface area contributed by atoms with Crippen molar-refractivity contribution in [1.82, 2.24) is 16.0 Å². The van der Waals surface area contributed by atoms with E-state index in [0.29, 0.717) is 19.1 Å². The lowest BCUT2D eigenvalue weighted by Crippen LogP contribution is -2.50. The maximum atomic E-state index is 12.4. The van der Waals surface area contributed by atoms with Crippen LogP contribution in [0.25, 0.3) is 0 Å². The highest BCUT2D eigenvalue weighted by Crippen LogP contribution is 2.01. The van der Waals surface area contributed by atoms with Crippen molar-refractivity contribution in [2.45, 2.75) is 50.6 Å². The van der Waals surface area contributed by atoms with Gasteiger partial charge in [-0.3, -0.25) is 29.6 Å². The zero-order valence-electron chi connectivity index (χ0n) is 17.1. The van der Waals surface area contributed by atoms with Gasteiger partial charge in [0.05, 0.1) is 18.4 Å². The maximum Gasteiger partial charge on any atom is 0.312 e. The average Bonchev–Trinajstić information content (AvgIpc) is 2.66. The van der Waals surface area contributed by atoms with Crippen molar-refractivity contribution < 1.29 is 29.1 Å². The van der Waals surface area contributed by atoms with E-state index in [0.717, 1.165) is 0 Å². The van der Waals surface area contributed by atoms with Crippen molar-refractivity contribution in [1.29, 1.82) is 5.41 Å². The SMILES string of the molecule is N=C(N)CCC[C@@H](C=O)NC(=O)CNC(=O)[C@@H](CCCN=C(N)N)NC(=O)CC(=O)O. The summed E-state index contributed by atoms with van der Waals surface area (Å²) < 4.78 is 0. The molecule has 0 rings (SSSR count). The summed E-state index contributed by atoms with van der Waals surface area (Å²) in [7, 11) is 0. The van der Waals surface area contributed by atoms with Crippen molar-refractivity contribution in [3.8, 4) is 0 Å². The summed E-state index contributed by atoms with van der Waals surface area (Å²) in [5, 5.41) is 22.8. The number of aliphatic carboxylic acids is 1. The first kappa shape index (κ1) is 27.3. The van der Waals surface area contributed by atoms with Gasteiger partial charge in [-0.15, -0.1) is 0 Å². The summed E-state index contributed by atoms with van der Waals surface area (Å²) in [6, 6.07) is -1.90. The van der Waals surface area contributed by atoms with Gasteiger partial charge in [-0.2, -0.15) is 0 Å². The quantitative estimate of drug-likeness (QED) is 0.0395. The predicted octanol–water partition coefficient (Wildman–Crippen LogP) is -3.09. The van der Waals surface area contributed by atoms with Crippen LogP contribution in [-0.4, -0.2) is 72.1 Å². The minimum Gasteiger partial charge on any atom is -0.481 e. The maximum absolute atomic E-state index is 12.4. The third kappa shape index (κ3) is 14.9. The van der Waals surface area contributed by atoms with Crippen molar-refractivity contribution in [3.05, 3.63) is 0 Å². The van der Waals surface area contributed by atoms with Crippen LogP contribution in [0.1, 0.15) is 38.5 Å². The number of carbonyl (C=O) groups excluding carboxylic acids is 4. The fraction of sp³-hybridized carbons (Fsp3) is 0.588. The predicted molar refractivity (Wildman–Crippen MR) is 111 cm³/mol. The summed E-state index contributed by atoms with van der Waals surface area (Å²) in [5.41, 5.74) is 15.6. The number of carbonyl (C=O) groups is 5. The number of nitrogens with zero attached hydrogens (tertiary/aromatic N) is 1. The largest absolute Gasteiger partial charge is 0.481 e. The molecule has 11 N–H and O–H groups in total. The molecule has 0 unspecified atom stereocenters. The first-order chi connectivity index (χ1) is 14.5. The minimum atomic E-state index is -1.36. The van der Waals surface area contributed by atoms with E-state index in [9.17, 15) is 24.0 Å². The number of carboxylic acids is 1. The zero-order valence-corrected chi connectivity index (χ0v) is 17.1. The number of guanidine groups is 1. The van der Waals surface area contributed by atoms with E-state index in [4.69, 9.17) is 27.7 Å². The topological polar surface area (TPSA) is 256 Å². The number of aliphatic imine (C=N–C) groups is 1. The Labute approximate surface area is 178 Å². The number of aldehydes is 1. The van der Waals surface area contributed by atoms with Crippen LogP contribution in [0.4, 0.5) is 0 Å². The van der Waals surface area contributed by atoms with Crippen LogP contribution in [-0.2, 0) is 24.0 Å². The Kier molecular flexibility index (Phi) is 13.4. The van der Waals surface area contributed by atoms with E-state index < -0.39 is 48.7 Å². The van der Waals surface area contributed by atoms with Crippen LogP contribution >= 0.6 is 0 Å². The Morgan fingerprint density at radius 3 is 2.26 bits per heavy atom. The number of nitrogens with two attached hydrogens (primary N) is 3. The van der Waals surface area contributed by atoms with Gasteiger partial charge in [-0.1, -0.05) is 0 Å². The molecule has 0 bridgehead atoms. The monoisotopic (exact) mass is 442 g/mol. The standard InChI is InChI=1S/C17H30N8O6/c18-12(19)5-1-3-10(9-26)24-14(28)8-23-16(31)11(4-2-6-22-17(20)21)25-13(27)7-15(29)30/h9-11H,1-8H2,(H3,18,19)(H,23,31)(H,24,28)(H,25,27)(H,29,30)(H4,20,21,22)/t10-,11+/m0/s1. The molecule has 0 radical (unpaired) electrons. The number of nitrogens with one attached hydrogen (secondary N) is 4. The van der Waals surface area contributed by atoms with Gasteiger partial charge in [0.2, 0.25) is 17.7 Å². The molecule has 0 aromatic carbocycles. The Hall–Kier alpha value is -3.71. The van der Waals surface area contributed by atoms with Gasteiger partial charge >= 0.3 is 5.97 Å². The molecule has 2 atom stereocenters. The van der Waals surface area contributed by atoms with E-state index in [-0.39, 0.29) is 37.6 Å². The molecule has 14 nitrogen and oxygen atoms in total. The van der Waals surface area contributed by atoms with Crippen molar-refractivity contribution >= 4 is 41.8 Å². The number of carboxylic acid groups (broad SMARTS) is 1. The third-order valence-electron chi connectivity index (χ3n) is 3.80. The number of amidine groups is 1. The molecule has 0 aromatic rings. The molecule has 14 heteroatoms. The van der Waals surface area contributed by atoms with Crippen molar-refractivity contribution in [3.63, 3.8) is 0 Å². The summed E-state index contributed by atoms with van der Waals surface area (Å²) >= 11 is 0. The van der Waals surface area contributed by atoms with Crippen LogP contribution < -0.4 is 33.2 Å². The smallest absolute Gasteiger partial charge is 0.312 e. The normalized spacial score (nSPS) is 12.0. The van der Waals surface area contributed by atoms with Gasteiger partial charge in [0.1, 0.15) is 18.7 Å². The molecule has 0 aliphatic carbocycles. The minimum absolute atomic E-state index is 0.0286. The van der Waals surface area contributed by atoms with E-state index in [1.165, 1.54) is 0 Å². The Balaban J connectivity index is 4.71. The summed E-state index contributed by atoms with van der Waals surface area (Å²) in [4.78, 5) is 61.5. The first-order valence-electron chi connectivity index (χ1n) is 9.47. The molecule has 174 valence electrons. The van der Waals surface area contributed by atoms with Gasteiger partial charge in [0.25, 0.3) is 0 Å². The molecule has 0 heterocycles. The van der Waals surface area contributed by atoms with Crippen molar-refractivity contribution in [2.24, 2.45) is 22.2 Å². The van der Waals surface area contributed by atoms with Crippen molar-refractivity contribution in [2.75, 3.05) is 13.1 Å². The molecule has 0 aromatic heterocycles. The van der Waals surface area contributed by atoms with Gasteiger partial charge in [-0.25, -0.2) is 0 Å². The third-order valence-corrected chi connectivity index (χ3v) is 3.80. The van der Waals surface area contributed by atoms with Gasteiger partial charge < -0.3 is 43.1 Å². The number of hydrogen-bond donors (Lipinski definition) is 8. The van der Waals surface area contributed by atoms with Crippen LogP contribution in [0, 0.1) is 5.41 Å². The molecule has 31 heavy (non-hydrogen) atoms. The van der Waals surface area contributed by atoms with Crippen LogP contribution in [0.3, 0.4) is 0 Å². The number of amides is 3. The molecular weight excluding hydrogens is 412 g/mol. The second-order valence-electron chi connectivity index (χ2n) is 6.58. The molecule has 0 aliphatic heterocycles. The van der Waals surface area contributed by atoms with Crippen LogP contribution in [0.15, 0.2) is 4.99 Å². The van der Waals surface area contributed by atoms with Crippen LogP contribution in [0.5, 0.6) is 0 Å². The average molecular weight is 442 g/mol. The molecule has 0 aliphatic rings. The number of rotatable bonds is 16. The van der Waals surface area contributed by atoms with E-state index >= 15 is 0 Å². The Bertz CT molecular complexity index is 692. The second kappa shape index (κ2) is 15.2. The molecule has 0 fully saturated rings. The lowest BCUT2D eigenvalue weighted by atomic mass is 10.1. The lowest BCUT2D eigenvalue weighted by Gasteiger charge is -2.18. The first-order valence-corrected chi connectivity index (χ1v) is 9.47. The summed E-state index contributed by atoms with van der Waals surface area (Å²) in [5.74, 6) is -3.74. The Morgan fingerprint density at radius 1 is 1.03 bits per heavy atom. The molecular formula is C17H30N8O6. The van der Waals surface area contributed by atoms with E-state index in [1.54, 1.807) is 0 Å². The number of hydrogen-bond acceptors (Lipinski definition) is 7. The molecule has 0 saturated carbocycles. The lowest BCUT2D eigenvalue weighted by molar-refractivity contribution is -0.141. The fourth-order valence-electron chi connectivity index (χ4n) is 2.39. The molecule has 0 saturated heterocycles. The molecule has 3 amide bonds. The van der Waals surface area contributed by atoms with Crippen LogP contribution in [0.2, 0.25) is 0 Å². The zero-order chi connectivity index (χ0) is 23.8.